The van der Waals surface area contributed by atoms with Gasteiger partial charge in [-0.25, -0.2) is 4.39 Å². The third kappa shape index (κ3) is 5.23. The van der Waals surface area contributed by atoms with Gasteiger partial charge >= 0.3 is 0 Å². The maximum absolute atomic E-state index is 13.4. The summed E-state index contributed by atoms with van der Waals surface area (Å²) in [5.41, 5.74) is 0.887. The molecule has 0 aromatic heterocycles. The van der Waals surface area contributed by atoms with E-state index in [1.54, 1.807) is 19.2 Å². The third-order valence-corrected chi connectivity index (χ3v) is 4.15. The molecule has 1 saturated heterocycles. The Balaban J connectivity index is 1.82. The summed E-state index contributed by atoms with van der Waals surface area (Å²) in [4.78, 5) is 14.3. The van der Waals surface area contributed by atoms with Crippen molar-refractivity contribution in [1.82, 2.24) is 5.32 Å². The molecular weight excluding hydrogens is 297 g/mol. The van der Waals surface area contributed by atoms with Crippen molar-refractivity contribution >= 4 is 5.91 Å². The summed E-state index contributed by atoms with van der Waals surface area (Å²) < 4.78 is 18.7. The molecule has 2 rings (SSSR count). The first-order valence-corrected chi connectivity index (χ1v) is 7.82. The van der Waals surface area contributed by atoms with Gasteiger partial charge < -0.3 is 19.9 Å². The lowest BCUT2D eigenvalue weighted by molar-refractivity contribution is -1.02. The van der Waals surface area contributed by atoms with Crippen LogP contribution in [0.15, 0.2) is 18.2 Å². The minimum atomic E-state index is -0.241. The zero-order valence-corrected chi connectivity index (χ0v) is 13.5. The zero-order valence-electron chi connectivity index (χ0n) is 13.5. The standard InChI is InChI=1S/C17H22FN3O2/c1-3-6-19-17(22)13-21-9-7-20(8-10-21)12-14-11-15(18)4-5-16(14)23-2/h1,4-5,11H,6-10,12-13H2,2H3,(H,19,22)/p+2. The number of rotatable bonds is 6. The van der Waals surface area contributed by atoms with Crippen LogP contribution in [0.1, 0.15) is 5.56 Å². The Morgan fingerprint density at radius 3 is 2.70 bits per heavy atom. The quantitative estimate of drug-likeness (QED) is 0.524. The van der Waals surface area contributed by atoms with Crippen LogP contribution < -0.4 is 19.9 Å². The van der Waals surface area contributed by atoms with Gasteiger partial charge in [-0.15, -0.1) is 6.42 Å². The minimum Gasteiger partial charge on any atom is -0.496 e. The number of ether oxygens (including phenoxy) is 1. The molecule has 0 atom stereocenters. The first-order chi connectivity index (χ1) is 11.1. The molecule has 1 fully saturated rings. The second kappa shape index (κ2) is 8.51. The van der Waals surface area contributed by atoms with Crippen LogP contribution in [-0.2, 0) is 11.3 Å². The summed E-state index contributed by atoms with van der Waals surface area (Å²) in [7, 11) is 1.60. The molecule has 0 radical (unpaired) electrons. The summed E-state index contributed by atoms with van der Waals surface area (Å²) in [5, 5.41) is 2.69. The second-order valence-corrected chi connectivity index (χ2v) is 5.79. The van der Waals surface area contributed by atoms with Crippen LogP contribution in [0, 0.1) is 18.2 Å². The number of carbonyl (C=O) groups is 1. The highest BCUT2D eigenvalue weighted by Gasteiger charge is 2.25. The number of hydrogen-bond acceptors (Lipinski definition) is 2. The molecule has 6 heteroatoms. The number of methoxy groups -OCH3 is 1. The van der Waals surface area contributed by atoms with Gasteiger partial charge in [-0.1, -0.05) is 5.92 Å². The molecule has 23 heavy (non-hydrogen) atoms. The molecule has 0 unspecified atom stereocenters. The average molecular weight is 321 g/mol. The second-order valence-electron chi connectivity index (χ2n) is 5.79. The van der Waals surface area contributed by atoms with E-state index in [0.717, 1.165) is 44.0 Å². The van der Waals surface area contributed by atoms with Crippen LogP contribution >= 0.6 is 0 Å². The number of carbonyl (C=O) groups excluding carboxylic acids is 1. The summed E-state index contributed by atoms with van der Waals surface area (Å²) in [5.74, 6) is 2.87. The van der Waals surface area contributed by atoms with E-state index in [1.807, 2.05) is 0 Å². The van der Waals surface area contributed by atoms with Crippen molar-refractivity contribution in [3.63, 3.8) is 0 Å². The summed E-state index contributed by atoms with van der Waals surface area (Å²) in [6.07, 6.45) is 5.12. The molecule has 124 valence electrons. The van der Waals surface area contributed by atoms with Crippen LogP contribution in [0.5, 0.6) is 5.75 Å². The molecule has 0 aliphatic carbocycles. The lowest BCUT2D eigenvalue weighted by atomic mass is 10.1. The number of piperazine rings is 1. The number of amides is 1. The van der Waals surface area contributed by atoms with Crippen LogP contribution in [0.3, 0.4) is 0 Å². The molecular formula is C17H24FN3O2+2. The van der Waals surface area contributed by atoms with Gasteiger partial charge in [0.15, 0.2) is 6.54 Å². The smallest absolute Gasteiger partial charge is 0.275 e. The van der Waals surface area contributed by atoms with E-state index in [1.165, 1.54) is 15.9 Å². The minimum absolute atomic E-state index is 0.00630. The topological polar surface area (TPSA) is 47.2 Å². The van der Waals surface area contributed by atoms with Gasteiger partial charge in [0.05, 0.1) is 19.2 Å². The Hall–Kier alpha value is -2.10. The van der Waals surface area contributed by atoms with Crippen LogP contribution in [-0.4, -0.2) is 52.3 Å². The third-order valence-electron chi connectivity index (χ3n) is 4.15. The van der Waals surface area contributed by atoms with Gasteiger partial charge in [0.25, 0.3) is 5.91 Å². The molecule has 0 saturated carbocycles. The molecule has 1 aliphatic heterocycles. The molecule has 1 aliphatic rings. The summed E-state index contributed by atoms with van der Waals surface area (Å²) in [6.45, 7) is 5.18. The molecule has 1 amide bonds. The fraction of sp³-hybridized carbons (Fsp3) is 0.471. The predicted molar refractivity (Wildman–Crippen MR) is 84.8 cm³/mol. The molecule has 0 bridgehead atoms. The van der Waals surface area contributed by atoms with Crippen LogP contribution in [0.4, 0.5) is 4.39 Å². The molecule has 3 N–H and O–H groups in total. The van der Waals surface area contributed by atoms with Gasteiger partial charge in [-0.2, -0.15) is 0 Å². The highest BCUT2D eigenvalue weighted by Crippen LogP contribution is 2.18. The lowest BCUT2D eigenvalue weighted by Crippen LogP contribution is -3.28. The summed E-state index contributed by atoms with van der Waals surface area (Å²) in [6, 6.07) is 4.62. The number of halogens is 1. The molecule has 1 heterocycles. The van der Waals surface area contributed by atoms with E-state index >= 15 is 0 Å². The van der Waals surface area contributed by atoms with E-state index in [2.05, 4.69) is 11.2 Å². The highest BCUT2D eigenvalue weighted by molar-refractivity contribution is 5.77. The average Bonchev–Trinajstić information content (AvgIpc) is 2.55. The van der Waals surface area contributed by atoms with Crippen molar-refractivity contribution in [2.45, 2.75) is 6.54 Å². The van der Waals surface area contributed by atoms with Crippen molar-refractivity contribution in [1.29, 1.82) is 0 Å². The fourth-order valence-electron chi connectivity index (χ4n) is 2.90. The highest BCUT2D eigenvalue weighted by atomic mass is 19.1. The Labute approximate surface area is 136 Å². The van der Waals surface area contributed by atoms with E-state index < -0.39 is 0 Å². The number of benzene rings is 1. The molecule has 1 aromatic rings. The van der Waals surface area contributed by atoms with Crippen molar-refractivity contribution in [3.8, 4) is 18.1 Å². The molecule has 1 aromatic carbocycles. The first kappa shape index (κ1) is 17.3. The van der Waals surface area contributed by atoms with E-state index in [-0.39, 0.29) is 18.3 Å². The monoisotopic (exact) mass is 321 g/mol. The van der Waals surface area contributed by atoms with Crippen molar-refractivity contribution < 1.29 is 23.7 Å². The fourth-order valence-corrected chi connectivity index (χ4v) is 2.90. The van der Waals surface area contributed by atoms with Gasteiger partial charge in [-0.05, 0) is 18.2 Å². The maximum Gasteiger partial charge on any atom is 0.275 e. The number of hydrogen-bond donors (Lipinski definition) is 3. The molecule has 0 spiro atoms. The number of terminal acetylenes is 1. The van der Waals surface area contributed by atoms with Crippen molar-refractivity contribution in [2.24, 2.45) is 0 Å². The van der Waals surface area contributed by atoms with Gasteiger partial charge in [-0.3, -0.25) is 4.79 Å². The van der Waals surface area contributed by atoms with Gasteiger partial charge in [0.2, 0.25) is 0 Å². The van der Waals surface area contributed by atoms with Gasteiger partial charge in [0.1, 0.15) is 44.3 Å². The van der Waals surface area contributed by atoms with E-state index in [0.29, 0.717) is 6.54 Å². The number of nitrogens with one attached hydrogen (secondary N) is 3. The van der Waals surface area contributed by atoms with E-state index in [9.17, 15) is 9.18 Å². The molecule has 5 nitrogen and oxygen atoms in total. The zero-order chi connectivity index (χ0) is 16.7. The Kier molecular flexibility index (Phi) is 6.39. The van der Waals surface area contributed by atoms with Crippen LogP contribution in [0.2, 0.25) is 0 Å². The van der Waals surface area contributed by atoms with Crippen LogP contribution in [0.25, 0.3) is 0 Å². The SMILES string of the molecule is C#CCNC(=O)C[NH+]1CC[NH+](Cc2cc(F)ccc2OC)CC1. The number of quaternary nitrogens is 2. The Morgan fingerprint density at radius 1 is 1.35 bits per heavy atom. The largest absolute Gasteiger partial charge is 0.496 e. The van der Waals surface area contributed by atoms with Crippen molar-refractivity contribution in [3.05, 3.63) is 29.6 Å². The van der Waals surface area contributed by atoms with Gasteiger partial charge in [0, 0.05) is 0 Å². The lowest BCUT2D eigenvalue weighted by Gasteiger charge is -2.29. The van der Waals surface area contributed by atoms with Crippen molar-refractivity contribution in [2.75, 3.05) is 46.4 Å². The normalized spacial score (nSPS) is 20.6. The maximum atomic E-state index is 13.4. The first-order valence-electron chi connectivity index (χ1n) is 7.82. The predicted octanol–water partition coefficient (Wildman–Crippen LogP) is -2.13. The Bertz CT molecular complexity index is 578. The summed E-state index contributed by atoms with van der Waals surface area (Å²) >= 11 is 0. The Morgan fingerprint density at radius 2 is 2.04 bits per heavy atom. The van der Waals surface area contributed by atoms with E-state index in [4.69, 9.17) is 11.2 Å².